The van der Waals surface area contributed by atoms with Crippen LogP contribution in [0.1, 0.15) is 36.2 Å². The Balaban J connectivity index is 1.48. The van der Waals surface area contributed by atoms with Crippen LogP contribution in [0.3, 0.4) is 0 Å². The second-order valence-electron chi connectivity index (χ2n) is 7.55. The SMILES string of the molecule is CCOc1ccc(C(=O)N2CCN(C(=O)CCc3ccc(OCC)c(OC)c3)CC2)cc1. The minimum Gasteiger partial charge on any atom is -0.494 e. The molecule has 0 aromatic heterocycles. The first kappa shape index (κ1) is 23.4. The standard InChI is InChI=1S/C25H32N2O5/c1-4-31-21-10-8-20(9-11-21)25(29)27-16-14-26(15-17-27)24(28)13-7-19-6-12-22(32-5-2)23(18-19)30-3/h6,8-12,18H,4-5,7,13-17H2,1-3H3. The fraction of sp³-hybridized carbons (Fsp3) is 0.440. The van der Waals surface area contributed by atoms with Gasteiger partial charge in [-0.3, -0.25) is 9.59 Å². The molecule has 0 bridgehead atoms. The van der Waals surface area contributed by atoms with Gasteiger partial charge < -0.3 is 24.0 Å². The topological polar surface area (TPSA) is 68.3 Å². The highest BCUT2D eigenvalue weighted by atomic mass is 16.5. The Hall–Kier alpha value is -3.22. The summed E-state index contributed by atoms with van der Waals surface area (Å²) in [6, 6.07) is 13.0. The van der Waals surface area contributed by atoms with Gasteiger partial charge in [0.1, 0.15) is 5.75 Å². The van der Waals surface area contributed by atoms with Crippen LogP contribution in [0.5, 0.6) is 17.2 Å². The predicted octanol–water partition coefficient (Wildman–Crippen LogP) is 3.41. The fourth-order valence-electron chi connectivity index (χ4n) is 3.75. The Labute approximate surface area is 189 Å². The largest absolute Gasteiger partial charge is 0.494 e. The summed E-state index contributed by atoms with van der Waals surface area (Å²) in [6.07, 6.45) is 1.05. The van der Waals surface area contributed by atoms with Gasteiger partial charge in [-0.2, -0.15) is 0 Å². The molecule has 0 atom stereocenters. The summed E-state index contributed by atoms with van der Waals surface area (Å²) in [7, 11) is 1.61. The summed E-state index contributed by atoms with van der Waals surface area (Å²) in [5, 5.41) is 0. The lowest BCUT2D eigenvalue weighted by Gasteiger charge is -2.35. The predicted molar refractivity (Wildman–Crippen MR) is 123 cm³/mol. The van der Waals surface area contributed by atoms with Gasteiger partial charge in [-0.05, 0) is 62.2 Å². The van der Waals surface area contributed by atoms with Crippen molar-refractivity contribution in [3.8, 4) is 17.2 Å². The highest BCUT2D eigenvalue weighted by Gasteiger charge is 2.24. The maximum Gasteiger partial charge on any atom is 0.253 e. The van der Waals surface area contributed by atoms with Crippen molar-refractivity contribution in [3.05, 3.63) is 53.6 Å². The van der Waals surface area contributed by atoms with Gasteiger partial charge in [0.25, 0.3) is 5.91 Å². The maximum atomic E-state index is 12.8. The molecule has 1 fully saturated rings. The molecule has 1 aliphatic rings. The van der Waals surface area contributed by atoms with Crippen LogP contribution in [-0.4, -0.2) is 68.1 Å². The number of hydrogen-bond donors (Lipinski definition) is 0. The number of rotatable bonds is 9. The van der Waals surface area contributed by atoms with Crippen molar-refractivity contribution in [1.29, 1.82) is 0 Å². The molecule has 172 valence electrons. The summed E-state index contributed by atoms with van der Waals surface area (Å²) in [5.74, 6) is 2.23. The van der Waals surface area contributed by atoms with Gasteiger partial charge >= 0.3 is 0 Å². The van der Waals surface area contributed by atoms with Crippen LogP contribution in [0.4, 0.5) is 0 Å². The van der Waals surface area contributed by atoms with Crippen molar-refractivity contribution in [1.82, 2.24) is 9.80 Å². The number of nitrogens with zero attached hydrogens (tertiary/aromatic N) is 2. The van der Waals surface area contributed by atoms with E-state index in [9.17, 15) is 9.59 Å². The summed E-state index contributed by atoms with van der Waals surface area (Å²) < 4.78 is 16.4. The number of carbonyl (C=O) groups excluding carboxylic acids is 2. The van der Waals surface area contributed by atoms with Gasteiger partial charge in [0.05, 0.1) is 20.3 Å². The molecule has 2 aromatic rings. The lowest BCUT2D eigenvalue weighted by molar-refractivity contribution is -0.132. The van der Waals surface area contributed by atoms with Gasteiger partial charge in [0.2, 0.25) is 5.91 Å². The number of hydrogen-bond acceptors (Lipinski definition) is 5. The molecule has 1 saturated heterocycles. The number of carbonyl (C=O) groups is 2. The minimum atomic E-state index is -0.0124. The number of ether oxygens (including phenoxy) is 3. The van der Waals surface area contributed by atoms with Crippen LogP contribution in [0.15, 0.2) is 42.5 Å². The summed E-state index contributed by atoms with van der Waals surface area (Å²) in [4.78, 5) is 29.1. The Bertz CT molecular complexity index is 905. The van der Waals surface area contributed by atoms with Crippen molar-refractivity contribution in [2.75, 3.05) is 46.5 Å². The van der Waals surface area contributed by atoms with E-state index in [0.717, 1.165) is 11.3 Å². The van der Waals surface area contributed by atoms with E-state index in [1.807, 2.05) is 49.1 Å². The molecule has 0 radical (unpaired) electrons. The molecule has 0 N–H and O–H groups in total. The van der Waals surface area contributed by atoms with Gasteiger partial charge in [-0.25, -0.2) is 0 Å². The zero-order valence-corrected chi connectivity index (χ0v) is 19.1. The Kier molecular flexibility index (Phi) is 8.36. The van der Waals surface area contributed by atoms with Gasteiger partial charge in [0, 0.05) is 38.2 Å². The van der Waals surface area contributed by atoms with Gasteiger partial charge in [-0.1, -0.05) is 6.07 Å². The third-order valence-electron chi connectivity index (χ3n) is 5.49. The van der Waals surface area contributed by atoms with Gasteiger partial charge in [-0.15, -0.1) is 0 Å². The Morgan fingerprint density at radius 2 is 1.50 bits per heavy atom. The molecule has 7 nitrogen and oxygen atoms in total. The van der Waals surface area contributed by atoms with E-state index in [0.29, 0.717) is 69.3 Å². The highest BCUT2D eigenvalue weighted by Crippen LogP contribution is 2.28. The van der Waals surface area contributed by atoms with Crippen molar-refractivity contribution in [2.24, 2.45) is 0 Å². The van der Waals surface area contributed by atoms with E-state index in [-0.39, 0.29) is 11.8 Å². The van der Waals surface area contributed by atoms with Crippen molar-refractivity contribution >= 4 is 11.8 Å². The maximum absolute atomic E-state index is 12.8. The first-order valence-corrected chi connectivity index (χ1v) is 11.1. The number of methoxy groups -OCH3 is 1. The van der Waals surface area contributed by atoms with E-state index in [1.54, 1.807) is 24.1 Å². The lowest BCUT2D eigenvalue weighted by atomic mass is 10.1. The van der Waals surface area contributed by atoms with Crippen LogP contribution < -0.4 is 14.2 Å². The van der Waals surface area contributed by atoms with Crippen molar-refractivity contribution in [3.63, 3.8) is 0 Å². The van der Waals surface area contributed by atoms with Crippen LogP contribution >= 0.6 is 0 Å². The molecule has 32 heavy (non-hydrogen) atoms. The lowest BCUT2D eigenvalue weighted by Crippen LogP contribution is -2.50. The van der Waals surface area contributed by atoms with Crippen LogP contribution in [0.25, 0.3) is 0 Å². The monoisotopic (exact) mass is 440 g/mol. The van der Waals surface area contributed by atoms with E-state index < -0.39 is 0 Å². The molecule has 0 aliphatic carbocycles. The molecule has 3 rings (SSSR count). The first-order chi connectivity index (χ1) is 15.5. The second kappa shape index (κ2) is 11.4. The molecule has 0 unspecified atom stereocenters. The third-order valence-corrected chi connectivity index (χ3v) is 5.49. The molecule has 0 spiro atoms. The molecule has 7 heteroatoms. The Morgan fingerprint density at radius 3 is 2.12 bits per heavy atom. The highest BCUT2D eigenvalue weighted by molar-refractivity contribution is 5.94. The normalized spacial score (nSPS) is 13.6. The quantitative estimate of drug-likeness (QED) is 0.598. The fourth-order valence-corrected chi connectivity index (χ4v) is 3.75. The molecule has 2 aromatic carbocycles. The number of amides is 2. The third kappa shape index (κ3) is 5.93. The Morgan fingerprint density at radius 1 is 0.844 bits per heavy atom. The van der Waals surface area contributed by atoms with E-state index in [1.165, 1.54) is 0 Å². The molecule has 2 amide bonds. The smallest absolute Gasteiger partial charge is 0.253 e. The molecular weight excluding hydrogens is 408 g/mol. The number of piperazine rings is 1. The molecule has 0 saturated carbocycles. The summed E-state index contributed by atoms with van der Waals surface area (Å²) in [5.41, 5.74) is 1.67. The molecule has 1 aliphatic heterocycles. The summed E-state index contributed by atoms with van der Waals surface area (Å²) in [6.45, 7) is 7.19. The zero-order valence-electron chi connectivity index (χ0n) is 19.1. The second-order valence-corrected chi connectivity index (χ2v) is 7.55. The summed E-state index contributed by atoms with van der Waals surface area (Å²) >= 11 is 0. The van der Waals surface area contributed by atoms with Crippen molar-refractivity contribution < 1.29 is 23.8 Å². The molecule has 1 heterocycles. The molecular formula is C25H32N2O5. The van der Waals surface area contributed by atoms with Crippen LogP contribution in [-0.2, 0) is 11.2 Å². The average molecular weight is 441 g/mol. The zero-order chi connectivity index (χ0) is 22.9. The van der Waals surface area contributed by atoms with Crippen molar-refractivity contribution in [2.45, 2.75) is 26.7 Å². The average Bonchev–Trinajstić information content (AvgIpc) is 2.83. The minimum absolute atomic E-state index is 0.0124. The van der Waals surface area contributed by atoms with E-state index in [4.69, 9.17) is 14.2 Å². The first-order valence-electron chi connectivity index (χ1n) is 11.1. The number of aryl methyl sites for hydroxylation is 1. The van der Waals surface area contributed by atoms with Crippen LogP contribution in [0.2, 0.25) is 0 Å². The number of benzene rings is 2. The van der Waals surface area contributed by atoms with E-state index >= 15 is 0 Å². The van der Waals surface area contributed by atoms with E-state index in [2.05, 4.69) is 0 Å². The van der Waals surface area contributed by atoms with Crippen LogP contribution in [0, 0.1) is 0 Å². The van der Waals surface area contributed by atoms with Gasteiger partial charge in [0.15, 0.2) is 11.5 Å².